The lowest BCUT2D eigenvalue weighted by Crippen LogP contribution is -2.52. The van der Waals surface area contributed by atoms with Gasteiger partial charge in [0, 0.05) is 40.0 Å². The van der Waals surface area contributed by atoms with Crippen molar-refractivity contribution in [3.63, 3.8) is 0 Å². The van der Waals surface area contributed by atoms with E-state index in [0.29, 0.717) is 43.3 Å². The van der Waals surface area contributed by atoms with Crippen LogP contribution in [0, 0.1) is 6.92 Å². The molecule has 210 valence electrons. The summed E-state index contributed by atoms with van der Waals surface area (Å²) in [5.41, 5.74) is 6.49. The van der Waals surface area contributed by atoms with Crippen LogP contribution in [0.25, 0.3) is 0 Å². The van der Waals surface area contributed by atoms with Crippen LogP contribution in [0.2, 0.25) is 25.7 Å². The van der Waals surface area contributed by atoms with Gasteiger partial charge in [-0.2, -0.15) is 9.97 Å². The monoisotopic (exact) mass is 544 g/mol. The number of rotatable bonds is 16. The van der Waals surface area contributed by atoms with Crippen molar-refractivity contribution >= 4 is 19.8 Å². The second-order valence-corrected chi connectivity index (χ2v) is 17.0. The van der Waals surface area contributed by atoms with Gasteiger partial charge in [-0.1, -0.05) is 25.7 Å². The second kappa shape index (κ2) is 12.4. The molecular formula is C27H44N6O4Si. The molecule has 1 unspecified atom stereocenters. The lowest BCUT2D eigenvalue weighted by atomic mass is 10.0. The van der Waals surface area contributed by atoms with Gasteiger partial charge >= 0.3 is 0 Å². The molecule has 0 spiro atoms. The Morgan fingerprint density at radius 2 is 2.00 bits per heavy atom. The molecule has 1 aliphatic rings. The predicted molar refractivity (Wildman–Crippen MR) is 154 cm³/mol. The fourth-order valence-electron chi connectivity index (χ4n) is 3.57. The van der Waals surface area contributed by atoms with Gasteiger partial charge in [-0.15, -0.1) is 6.58 Å². The molecule has 11 heteroatoms. The van der Waals surface area contributed by atoms with E-state index in [1.54, 1.807) is 19.4 Å². The predicted octanol–water partition coefficient (Wildman–Crippen LogP) is 3.73. The maximum Gasteiger partial charge on any atom is 0.227 e. The third-order valence-electron chi connectivity index (χ3n) is 6.72. The van der Waals surface area contributed by atoms with E-state index in [1.165, 1.54) is 0 Å². The Morgan fingerprint density at radius 3 is 2.61 bits per heavy atom. The van der Waals surface area contributed by atoms with Gasteiger partial charge in [0.15, 0.2) is 0 Å². The summed E-state index contributed by atoms with van der Waals surface area (Å²) < 4.78 is 18.0. The van der Waals surface area contributed by atoms with Crippen molar-refractivity contribution in [3.8, 4) is 11.6 Å². The van der Waals surface area contributed by atoms with Crippen molar-refractivity contribution in [2.24, 2.45) is 5.73 Å². The molecule has 0 aromatic carbocycles. The third kappa shape index (κ3) is 8.13. The molecule has 2 aromatic heterocycles. The molecule has 0 saturated heterocycles. The summed E-state index contributed by atoms with van der Waals surface area (Å²) in [6, 6.07) is 2.92. The Kier molecular flexibility index (Phi) is 9.74. The Balaban J connectivity index is 1.81. The molecule has 1 aliphatic carbocycles. The third-order valence-corrected chi connectivity index (χ3v) is 8.43. The Labute approximate surface area is 227 Å². The Bertz CT molecular complexity index is 1090. The zero-order valence-electron chi connectivity index (χ0n) is 23.7. The highest BCUT2D eigenvalue weighted by molar-refractivity contribution is 6.76. The lowest BCUT2D eigenvalue weighted by molar-refractivity contribution is 0.0853. The first-order valence-electron chi connectivity index (χ1n) is 13.1. The molecule has 38 heavy (non-hydrogen) atoms. The van der Waals surface area contributed by atoms with Crippen molar-refractivity contribution < 1.29 is 19.3 Å². The lowest BCUT2D eigenvalue weighted by Gasteiger charge is -2.40. The highest BCUT2D eigenvalue weighted by Gasteiger charge is 2.41. The molecule has 0 radical (unpaired) electrons. The van der Waals surface area contributed by atoms with Gasteiger partial charge in [-0.05, 0) is 38.8 Å². The molecule has 1 atom stereocenters. The number of aliphatic hydroxyl groups is 1. The van der Waals surface area contributed by atoms with E-state index in [1.807, 2.05) is 30.9 Å². The minimum Gasteiger partial charge on any atom is -0.489 e. The van der Waals surface area contributed by atoms with Crippen molar-refractivity contribution in [2.45, 2.75) is 70.1 Å². The molecule has 2 aromatic rings. The van der Waals surface area contributed by atoms with Crippen LogP contribution in [-0.2, 0) is 11.3 Å². The van der Waals surface area contributed by atoms with Gasteiger partial charge in [0.25, 0.3) is 0 Å². The highest BCUT2D eigenvalue weighted by atomic mass is 28.3. The average Bonchev–Trinajstić information content (AvgIpc) is 3.63. The highest BCUT2D eigenvalue weighted by Crippen LogP contribution is 2.35. The van der Waals surface area contributed by atoms with E-state index in [0.717, 1.165) is 30.0 Å². The number of nitrogens with two attached hydrogens (primary N) is 1. The van der Waals surface area contributed by atoms with Crippen LogP contribution < -0.4 is 25.4 Å². The first-order chi connectivity index (χ1) is 17.9. The number of pyridine rings is 1. The van der Waals surface area contributed by atoms with Crippen molar-refractivity contribution in [1.82, 2.24) is 15.0 Å². The number of ether oxygens (including phenoxy) is 3. The first kappa shape index (κ1) is 29.8. The summed E-state index contributed by atoms with van der Waals surface area (Å²) in [6.07, 6.45) is 6.71. The number of aromatic nitrogens is 3. The molecule has 0 amide bonds. The van der Waals surface area contributed by atoms with E-state index in [9.17, 15) is 5.11 Å². The summed E-state index contributed by atoms with van der Waals surface area (Å²) in [5.74, 6) is 2.11. The van der Waals surface area contributed by atoms with Crippen LogP contribution in [0.5, 0.6) is 11.6 Å². The smallest absolute Gasteiger partial charge is 0.227 e. The number of anilines is 2. The quantitative estimate of drug-likeness (QED) is 0.124. The summed E-state index contributed by atoms with van der Waals surface area (Å²) in [4.78, 5) is 15.6. The molecule has 10 nitrogen and oxygen atoms in total. The van der Waals surface area contributed by atoms with Crippen LogP contribution in [0.1, 0.15) is 30.9 Å². The molecule has 0 bridgehead atoms. The van der Waals surface area contributed by atoms with Gasteiger partial charge in [-0.25, -0.2) is 0 Å². The van der Waals surface area contributed by atoms with Crippen LogP contribution >= 0.6 is 0 Å². The standard InChI is InChI=1S/C27H44N6O4Si/c1-8-26(3,17-28)33(19-35-11-12-38(5,6)7)23-20(2)24(32-25(29-4)31-23)36-16-21-13-22(15-30-14-21)37-18-27(34)9-10-27/h8,13-15,34H,1,9-12,16-19,28H2,2-7H3,(H,29,31,32). The summed E-state index contributed by atoms with van der Waals surface area (Å²) in [7, 11) is 0.530. The Hall–Kier alpha value is -2.73. The molecule has 4 N–H and O–H groups in total. The normalized spacial score (nSPS) is 15.9. The molecule has 1 saturated carbocycles. The number of hydrogen-bond acceptors (Lipinski definition) is 10. The summed E-state index contributed by atoms with van der Waals surface area (Å²) in [6.45, 7) is 16.7. The zero-order chi connectivity index (χ0) is 28.0. The van der Waals surface area contributed by atoms with Crippen LogP contribution in [0.3, 0.4) is 0 Å². The van der Waals surface area contributed by atoms with Gasteiger partial charge in [0.1, 0.15) is 31.5 Å². The van der Waals surface area contributed by atoms with Gasteiger partial charge in [0.2, 0.25) is 11.8 Å². The van der Waals surface area contributed by atoms with E-state index in [-0.39, 0.29) is 13.2 Å². The topological polar surface area (TPSA) is 128 Å². The van der Waals surface area contributed by atoms with Crippen LogP contribution in [0.4, 0.5) is 11.8 Å². The van der Waals surface area contributed by atoms with Gasteiger partial charge in [0.05, 0.1) is 22.9 Å². The van der Waals surface area contributed by atoms with Crippen molar-refractivity contribution in [3.05, 3.63) is 42.2 Å². The van der Waals surface area contributed by atoms with Crippen molar-refractivity contribution in [1.29, 1.82) is 0 Å². The minimum absolute atomic E-state index is 0.233. The van der Waals surface area contributed by atoms with Gasteiger partial charge in [-0.3, -0.25) is 4.98 Å². The fourth-order valence-corrected chi connectivity index (χ4v) is 4.32. The molecule has 2 heterocycles. The molecule has 0 aliphatic heterocycles. The second-order valence-electron chi connectivity index (χ2n) is 11.4. The maximum absolute atomic E-state index is 10.0. The Morgan fingerprint density at radius 1 is 1.26 bits per heavy atom. The van der Waals surface area contributed by atoms with Crippen molar-refractivity contribution in [2.75, 3.05) is 43.8 Å². The molecule has 1 fully saturated rings. The van der Waals surface area contributed by atoms with E-state index in [4.69, 9.17) is 24.9 Å². The minimum atomic E-state index is -1.23. The first-order valence-corrected chi connectivity index (χ1v) is 16.8. The maximum atomic E-state index is 10.0. The van der Waals surface area contributed by atoms with E-state index in [2.05, 4.69) is 41.5 Å². The zero-order valence-corrected chi connectivity index (χ0v) is 24.7. The average molecular weight is 545 g/mol. The number of nitrogens with zero attached hydrogens (tertiary/aromatic N) is 4. The van der Waals surface area contributed by atoms with E-state index >= 15 is 0 Å². The summed E-state index contributed by atoms with van der Waals surface area (Å²) >= 11 is 0. The number of nitrogens with one attached hydrogen (secondary N) is 1. The summed E-state index contributed by atoms with van der Waals surface area (Å²) in [5, 5.41) is 13.1. The molecule has 3 rings (SSSR count). The SMILES string of the molecule is C=CC(C)(CN)N(COCC[Si](C)(C)C)c1nc(NC)nc(OCc2cncc(OCC3(O)CC3)c2)c1C. The largest absolute Gasteiger partial charge is 0.489 e. The van der Waals surface area contributed by atoms with E-state index < -0.39 is 19.2 Å². The number of hydrogen-bond donors (Lipinski definition) is 3. The van der Waals surface area contributed by atoms with Gasteiger partial charge < -0.3 is 35.3 Å². The fraction of sp³-hybridized carbons (Fsp3) is 0.593. The van der Waals surface area contributed by atoms with Crippen LogP contribution in [0.15, 0.2) is 31.1 Å². The van der Waals surface area contributed by atoms with Crippen LogP contribution in [-0.4, -0.2) is 72.8 Å². The molecular weight excluding hydrogens is 500 g/mol.